The Labute approximate surface area is 117 Å². The van der Waals surface area contributed by atoms with Crippen LogP contribution in [0.3, 0.4) is 0 Å². The van der Waals surface area contributed by atoms with Crippen molar-refractivity contribution in [1.82, 2.24) is 0 Å². The van der Waals surface area contributed by atoms with E-state index in [4.69, 9.17) is 57.0 Å². The van der Waals surface area contributed by atoms with Crippen LogP contribution in [-0.2, 0) is 44.3 Å². The molecular weight excluding hydrogens is 461 g/mol. The molecule has 0 aromatic heterocycles. The Hall–Kier alpha value is 0.688. The van der Waals surface area contributed by atoms with Crippen LogP contribution >= 0.6 is 39.7 Å². The summed E-state index contributed by atoms with van der Waals surface area (Å²) in [6.45, 7) is 22.5. The van der Waals surface area contributed by atoms with E-state index in [-0.39, 0.29) is 21.1 Å². The molecule has 0 bridgehead atoms. The Morgan fingerprint density at radius 1 is 0.533 bits per heavy atom. The van der Waals surface area contributed by atoms with Crippen molar-refractivity contribution in [2.75, 3.05) is 0 Å². The van der Waals surface area contributed by atoms with Crippen LogP contribution in [0.5, 0.6) is 0 Å². The van der Waals surface area contributed by atoms with E-state index in [0.29, 0.717) is 0 Å². The van der Waals surface area contributed by atoms with Gasteiger partial charge in [0, 0.05) is 21.1 Å². The largest absolute Gasteiger partial charge is 0 e. The van der Waals surface area contributed by atoms with Crippen LogP contribution in [0, 0.1) is 33.3 Å². The third kappa shape index (κ3) is 4990. The average Bonchev–Trinajstić information content (AvgIpc) is 2.30. The van der Waals surface area contributed by atoms with Gasteiger partial charge in [0.15, 0.2) is 0 Å². The minimum absolute atomic E-state index is 0. The number of halogens is 3. The van der Waals surface area contributed by atoms with Gasteiger partial charge >= 0.3 is 56.5 Å². The van der Waals surface area contributed by atoms with Crippen molar-refractivity contribution in [3.05, 3.63) is 33.3 Å². The van der Waals surface area contributed by atoms with Crippen molar-refractivity contribution < 1.29 is 44.3 Å². The van der Waals surface area contributed by atoms with E-state index in [2.05, 4.69) is 33.3 Å². The van der Waals surface area contributed by atoms with Gasteiger partial charge in [-0.2, -0.15) is 0 Å². The minimum Gasteiger partial charge on any atom is 0 e. The van der Waals surface area contributed by atoms with Gasteiger partial charge in [-0.05, 0) is 0 Å². The zero-order chi connectivity index (χ0) is 13.6. The summed E-state index contributed by atoms with van der Waals surface area (Å²) in [6.07, 6.45) is 0. The Balaban J connectivity index is -0.0000000105. The topological polar surface area (TPSA) is 99.5 Å². The van der Waals surface area contributed by atoms with Crippen LogP contribution in [0.25, 0.3) is 0 Å². The first-order chi connectivity index (χ1) is 6.73. The van der Waals surface area contributed by atoms with E-state index in [0.717, 1.165) is 0 Å². The molecule has 0 heterocycles. The quantitative estimate of drug-likeness (QED) is 0.300. The molecule has 10 heteroatoms. The van der Waals surface area contributed by atoms with Crippen LogP contribution in [-0.4, -0.2) is 0 Å². The molecular formula is C5HCl3O5PW+. The molecule has 0 spiro atoms. The third-order valence-electron chi connectivity index (χ3n) is 0. The molecule has 0 atom stereocenters. The standard InChI is InChI=1S/5CO.Cl3P.W/c5*1-2;1-4(2)3;/p+1. The van der Waals surface area contributed by atoms with Gasteiger partial charge in [0.2, 0.25) is 0 Å². The normalized spacial score (nSPS) is 3.07. The van der Waals surface area contributed by atoms with E-state index in [1.807, 2.05) is 0 Å². The SMILES string of the molecule is Cl[PH+](Cl)Cl.[C-]#[O+].[C-]#[O+].[C-]#[O+].[C-]#[O+].[C-]#[O+].[W]. The van der Waals surface area contributed by atoms with Gasteiger partial charge in [0.1, 0.15) is 33.7 Å². The summed E-state index contributed by atoms with van der Waals surface area (Å²) < 4.78 is 37.5. The first-order valence-corrected chi connectivity index (χ1v) is 6.12. The first kappa shape index (κ1) is 44.8. The molecule has 0 fully saturated rings. The molecule has 82 valence electrons. The summed E-state index contributed by atoms with van der Waals surface area (Å²) in [5.74, 6) is -1.46. The second kappa shape index (κ2) is 202. The van der Waals surface area contributed by atoms with E-state index in [1.165, 1.54) is 0 Å². The molecule has 15 heavy (non-hydrogen) atoms. The zero-order valence-corrected chi connectivity index (χ0v) is 12.8. The molecule has 0 rings (SSSR count). The van der Waals surface area contributed by atoms with Crippen molar-refractivity contribution in [2.45, 2.75) is 0 Å². The van der Waals surface area contributed by atoms with Gasteiger partial charge in [0.25, 0.3) is 5.98 Å². The summed E-state index contributed by atoms with van der Waals surface area (Å²) in [5, 5.41) is 0. The van der Waals surface area contributed by atoms with Gasteiger partial charge in [-0.3, -0.25) is 0 Å². The molecule has 0 radical (unpaired) electrons. The van der Waals surface area contributed by atoms with Crippen LogP contribution in [0.2, 0.25) is 0 Å². The third-order valence-corrected chi connectivity index (χ3v) is 0. The second-order valence-electron chi connectivity index (χ2n) is 0.214. The number of hydrogen-bond acceptors (Lipinski definition) is 0. The molecule has 0 aliphatic rings. The zero-order valence-electron chi connectivity index (χ0n) is 6.58. The molecule has 0 N–H and O–H groups in total. The van der Waals surface area contributed by atoms with Crippen LogP contribution in [0.1, 0.15) is 0 Å². The molecule has 0 aromatic carbocycles. The monoisotopic (exact) mass is 461 g/mol. The Morgan fingerprint density at radius 3 is 0.533 bits per heavy atom. The molecule has 0 amide bonds. The molecule has 0 saturated heterocycles. The molecule has 0 aromatic rings. The second-order valence-corrected chi connectivity index (χ2v) is 5.79. The fourth-order valence-electron chi connectivity index (χ4n) is 0. The van der Waals surface area contributed by atoms with Crippen LogP contribution < -0.4 is 0 Å². The maximum absolute atomic E-state index is 7.50. The maximum atomic E-state index is 7.50. The Bertz CT molecular complexity index is 117. The van der Waals surface area contributed by atoms with Crippen LogP contribution in [0.15, 0.2) is 0 Å². The van der Waals surface area contributed by atoms with Crippen LogP contribution in [0.4, 0.5) is 0 Å². The number of hydrogen-bond donors (Lipinski definition) is 0. The summed E-state index contributed by atoms with van der Waals surface area (Å²) in [6, 6.07) is 0. The number of rotatable bonds is 0. The predicted octanol–water partition coefficient (Wildman–Crippen LogP) is 2.47. The summed E-state index contributed by atoms with van der Waals surface area (Å²) in [7, 11) is 0. The molecule has 5 nitrogen and oxygen atoms in total. The van der Waals surface area contributed by atoms with Gasteiger partial charge < -0.3 is 0 Å². The van der Waals surface area contributed by atoms with Crippen molar-refractivity contribution in [3.8, 4) is 0 Å². The summed E-state index contributed by atoms with van der Waals surface area (Å²) >= 11 is 14.7. The van der Waals surface area contributed by atoms with Gasteiger partial charge in [-0.25, -0.2) is 0 Å². The molecule has 0 saturated carbocycles. The van der Waals surface area contributed by atoms with Gasteiger partial charge in [-0.15, -0.1) is 0 Å². The van der Waals surface area contributed by atoms with Crippen molar-refractivity contribution in [3.63, 3.8) is 0 Å². The fourth-order valence-corrected chi connectivity index (χ4v) is 0. The fraction of sp³-hybridized carbons (Fsp3) is 0. The summed E-state index contributed by atoms with van der Waals surface area (Å²) in [4.78, 5) is 0. The smallest absolute Gasteiger partial charge is 0 e. The van der Waals surface area contributed by atoms with Crippen molar-refractivity contribution in [1.29, 1.82) is 0 Å². The van der Waals surface area contributed by atoms with E-state index < -0.39 is 5.98 Å². The molecule has 0 aliphatic heterocycles. The molecule has 0 aliphatic carbocycles. The van der Waals surface area contributed by atoms with E-state index in [1.54, 1.807) is 0 Å². The predicted molar refractivity (Wildman–Crippen MR) is 45.5 cm³/mol. The minimum atomic E-state index is -1.46. The van der Waals surface area contributed by atoms with Gasteiger partial charge in [-0.1, -0.05) is 0 Å². The maximum Gasteiger partial charge on any atom is 0 e. The average molecular weight is 462 g/mol. The van der Waals surface area contributed by atoms with Crippen molar-refractivity contribution in [2.24, 2.45) is 0 Å². The van der Waals surface area contributed by atoms with Crippen molar-refractivity contribution >= 4 is 39.7 Å². The Morgan fingerprint density at radius 2 is 0.533 bits per heavy atom. The summed E-state index contributed by atoms with van der Waals surface area (Å²) in [5.41, 5.74) is 0. The van der Waals surface area contributed by atoms with E-state index >= 15 is 0 Å². The molecule has 0 unspecified atom stereocenters. The first-order valence-electron chi connectivity index (χ1n) is 1.59. The van der Waals surface area contributed by atoms with Gasteiger partial charge in [0.05, 0.1) is 0 Å². The van der Waals surface area contributed by atoms with E-state index in [9.17, 15) is 0 Å². The Kier molecular flexibility index (Phi) is 605.